The maximum atomic E-state index is 9.55. The molecular weight excluding hydrogens is 229 g/mol. The molecule has 0 radical (unpaired) electrons. The topological polar surface area (TPSA) is 130 Å². The molecule has 0 spiro atoms. The van der Waals surface area contributed by atoms with E-state index in [1.165, 1.54) is 0 Å². The summed E-state index contributed by atoms with van der Waals surface area (Å²) in [5, 5.41) is 0. The molecule has 0 aromatic heterocycles. The van der Waals surface area contributed by atoms with E-state index >= 15 is 0 Å². The Bertz CT molecular complexity index is 154. The SMILES string of the molecule is O=P([O-])([O-])OP(=O)(O)O.P.[Mg+2]. The van der Waals surface area contributed by atoms with Gasteiger partial charge in [-0.3, -0.25) is 4.31 Å². The van der Waals surface area contributed by atoms with E-state index in [2.05, 4.69) is 4.31 Å². The second-order valence-electron chi connectivity index (χ2n) is 1.02. The summed E-state index contributed by atoms with van der Waals surface area (Å²) in [5.41, 5.74) is 0. The minimum atomic E-state index is -5.55. The summed E-state index contributed by atoms with van der Waals surface area (Å²) in [4.78, 5) is 34.1. The number of phosphoric acid groups is 2. The second-order valence-corrected chi connectivity index (χ2v) is 3.55. The maximum Gasteiger partial charge on any atom is 2.00 e. The zero-order chi connectivity index (χ0) is 7.71. The van der Waals surface area contributed by atoms with Gasteiger partial charge in [0.2, 0.25) is 0 Å². The summed E-state index contributed by atoms with van der Waals surface area (Å²) in [7, 11) is -10.7. The summed E-state index contributed by atoms with van der Waals surface area (Å²) in [5.74, 6) is 0. The molecule has 0 aliphatic carbocycles. The molecule has 0 aromatic rings. The molecule has 0 aliphatic heterocycles. The molecular formula is H5MgO7P3. The van der Waals surface area contributed by atoms with Crippen LogP contribution < -0.4 is 9.79 Å². The van der Waals surface area contributed by atoms with Gasteiger partial charge in [0.1, 0.15) is 0 Å². The van der Waals surface area contributed by atoms with Crippen molar-refractivity contribution in [2.75, 3.05) is 0 Å². The van der Waals surface area contributed by atoms with E-state index in [-0.39, 0.29) is 33.0 Å². The predicted molar refractivity (Wildman–Crippen MR) is 37.6 cm³/mol. The fourth-order valence-corrected chi connectivity index (χ4v) is 1.17. The third-order valence-corrected chi connectivity index (χ3v) is 1.86. The Balaban J connectivity index is -0.000000320. The van der Waals surface area contributed by atoms with E-state index in [4.69, 9.17) is 9.79 Å². The number of hydrogen-bond acceptors (Lipinski definition) is 5. The van der Waals surface area contributed by atoms with Gasteiger partial charge in [0.15, 0.2) is 0 Å². The van der Waals surface area contributed by atoms with Crippen molar-refractivity contribution in [3.05, 3.63) is 0 Å². The predicted octanol–water partition coefficient (Wildman–Crippen LogP) is -2.40. The van der Waals surface area contributed by atoms with Gasteiger partial charge in [-0.1, -0.05) is 0 Å². The Kier molecular flexibility index (Phi) is 9.96. The molecule has 11 heavy (non-hydrogen) atoms. The van der Waals surface area contributed by atoms with Crippen LogP contribution in [-0.2, 0) is 13.4 Å². The van der Waals surface area contributed by atoms with E-state index in [1.807, 2.05) is 0 Å². The van der Waals surface area contributed by atoms with Crippen molar-refractivity contribution in [1.82, 2.24) is 0 Å². The molecule has 1 unspecified atom stereocenters. The Morgan fingerprint density at radius 1 is 1.18 bits per heavy atom. The second kappa shape index (κ2) is 5.99. The molecule has 0 heterocycles. The molecule has 2 N–H and O–H groups in total. The Labute approximate surface area is 81.8 Å². The molecule has 0 aliphatic rings. The Morgan fingerprint density at radius 2 is 1.45 bits per heavy atom. The van der Waals surface area contributed by atoms with Crippen molar-refractivity contribution in [1.29, 1.82) is 0 Å². The molecule has 0 rings (SSSR count). The molecule has 0 saturated heterocycles. The molecule has 1 atom stereocenters. The van der Waals surface area contributed by atoms with Crippen LogP contribution in [0.3, 0.4) is 0 Å². The minimum Gasteiger partial charge on any atom is -0.789 e. The standard InChI is InChI=1S/Mg.H4O7P2.H3P/c;1-8(2,3)7-9(4,5)6;/h;(H2,1,2,3)(H2,4,5,6);1H3/q+2;;/p-2. The third kappa shape index (κ3) is 18.4. The van der Waals surface area contributed by atoms with Crippen LogP contribution in [0.2, 0.25) is 0 Å². The summed E-state index contributed by atoms with van der Waals surface area (Å²) in [6.07, 6.45) is 0. The number of rotatable bonds is 2. The van der Waals surface area contributed by atoms with Gasteiger partial charge in [-0.05, 0) is 0 Å². The van der Waals surface area contributed by atoms with E-state index in [0.717, 1.165) is 0 Å². The van der Waals surface area contributed by atoms with Gasteiger partial charge in [-0.2, -0.15) is 9.90 Å². The van der Waals surface area contributed by atoms with Crippen LogP contribution in [0.4, 0.5) is 0 Å². The first kappa shape index (κ1) is 18.3. The van der Waals surface area contributed by atoms with Gasteiger partial charge in [0.25, 0.3) is 0 Å². The fourth-order valence-electron chi connectivity index (χ4n) is 0.130. The molecule has 0 amide bonds. The summed E-state index contributed by atoms with van der Waals surface area (Å²) >= 11 is 0. The van der Waals surface area contributed by atoms with Crippen LogP contribution in [0.15, 0.2) is 0 Å². The van der Waals surface area contributed by atoms with E-state index in [1.54, 1.807) is 0 Å². The minimum absolute atomic E-state index is 0. The van der Waals surface area contributed by atoms with Crippen LogP contribution in [0.1, 0.15) is 0 Å². The Hall–Kier alpha value is 1.46. The largest absolute Gasteiger partial charge is 2.00 e. The average Bonchev–Trinajstić information content (AvgIpc) is 1.14. The van der Waals surface area contributed by atoms with Gasteiger partial charge in [0, 0.05) is 0 Å². The van der Waals surface area contributed by atoms with Crippen LogP contribution in [0.5, 0.6) is 0 Å². The number of hydrogen-bond donors (Lipinski definition) is 2. The summed E-state index contributed by atoms with van der Waals surface area (Å²) in [6.45, 7) is 0. The zero-order valence-electron chi connectivity index (χ0n) is 5.24. The molecule has 64 valence electrons. The van der Waals surface area contributed by atoms with Gasteiger partial charge >= 0.3 is 30.9 Å². The first-order valence-corrected chi connectivity index (χ1v) is 4.49. The van der Waals surface area contributed by atoms with Gasteiger partial charge in [-0.15, -0.1) is 0 Å². The van der Waals surface area contributed by atoms with Crippen molar-refractivity contribution in [2.45, 2.75) is 0 Å². The zero-order valence-corrected chi connectivity index (χ0v) is 9.86. The van der Waals surface area contributed by atoms with Crippen LogP contribution in [-0.4, -0.2) is 32.8 Å². The van der Waals surface area contributed by atoms with E-state index in [0.29, 0.717) is 0 Å². The van der Waals surface area contributed by atoms with Crippen LogP contribution in [0.25, 0.3) is 0 Å². The van der Waals surface area contributed by atoms with Crippen molar-refractivity contribution in [3.8, 4) is 0 Å². The van der Waals surface area contributed by atoms with Crippen LogP contribution >= 0.6 is 25.5 Å². The quantitative estimate of drug-likeness (QED) is 0.402. The molecule has 7 nitrogen and oxygen atoms in total. The van der Waals surface area contributed by atoms with E-state index in [9.17, 15) is 18.9 Å². The van der Waals surface area contributed by atoms with Crippen LogP contribution in [0, 0.1) is 0 Å². The fraction of sp³-hybridized carbons (Fsp3) is 0. The van der Waals surface area contributed by atoms with Gasteiger partial charge in [-0.25, -0.2) is 4.57 Å². The summed E-state index contributed by atoms with van der Waals surface area (Å²) in [6, 6.07) is 0. The first-order chi connectivity index (χ1) is 3.71. The molecule has 0 saturated carbocycles. The smallest absolute Gasteiger partial charge is 0.789 e. The van der Waals surface area contributed by atoms with E-state index < -0.39 is 15.6 Å². The average molecular weight is 234 g/mol. The summed E-state index contributed by atoms with van der Waals surface area (Å²) < 4.78 is 21.7. The van der Waals surface area contributed by atoms with Gasteiger partial charge in [0.05, 0.1) is 7.82 Å². The van der Waals surface area contributed by atoms with Crippen molar-refractivity contribution in [2.24, 2.45) is 0 Å². The monoisotopic (exact) mass is 234 g/mol. The van der Waals surface area contributed by atoms with Crippen molar-refractivity contribution in [3.63, 3.8) is 0 Å². The third-order valence-electron chi connectivity index (χ3n) is 0.206. The van der Waals surface area contributed by atoms with Crippen molar-refractivity contribution < 1.29 is 33.0 Å². The molecule has 0 fully saturated rings. The maximum absolute atomic E-state index is 9.55. The van der Waals surface area contributed by atoms with Crippen molar-refractivity contribution >= 4 is 48.6 Å². The first-order valence-electron chi connectivity index (χ1n) is 1.50. The molecule has 0 aromatic carbocycles. The van der Waals surface area contributed by atoms with Gasteiger partial charge < -0.3 is 24.1 Å². The molecule has 0 bridgehead atoms. The normalized spacial score (nSPS) is 11.3. The Morgan fingerprint density at radius 3 is 1.45 bits per heavy atom. The molecule has 11 heteroatoms.